The molecule has 4 heteroatoms. The van der Waals surface area contributed by atoms with Crippen LogP contribution in [0.25, 0.3) is 11.4 Å². The maximum absolute atomic E-state index is 5.83. The summed E-state index contributed by atoms with van der Waals surface area (Å²) >= 11 is 11.6. The van der Waals surface area contributed by atoms with Crippen molar-refractivity contribution in [2.24, 2.45) is 0 Å². The highest BCUT2D eigenvalue weighted by Gasteiger charge is 2.04. The lowest BCUT2D eigenvalue weighted by Gasteiger charge is -2.04. The van der Waals surface area contributed by atoms with Gasteiger partial charge in [-0.05, 0) is 37.3 Å². The van der Waals surface area contributed by atoms with Gasteiger partial charge in [-0.1, -0.05) is 11.6 Å². The molecule has 0 aliphatic heterocycles. The van der Waals surface area contributed by atoms with Gasteiger partial charge in [-0.15, -0.1) is 11.6 Å². The van der Waals surface area contributed by atoms with E-state index in [9.17, 15) is 0 Å². The Balaban J connectivity index is 2.47. The van der Waals surface area contributed by atoms with Crippen LogP contribution in [0.3, 0.4) is 0 Å². The summed E-state index contributed by atoms with van der Waals surface area (Å²) in [6, 6.07) is 9.32. The average Bonchev–Trinajstić information content (AvgIpc) is 2.29. The Morgan fingerprint density at radius 2 is 1.81 bits per heavy atom. The molecule has 2 rings (SSSR count). The highest BCUT2D eigenvalue weighted by Crippen LogP contribution is 2.19. The summed E-state index contributed by atoms with van der Waals surface area (Å²) in [7, 11) is 0. The van der Waals surface area contributed by atoms with Crippen LogP contribution in [-0.4, -0.2) is 9.97 Å². The Morgan fingerprint density at radius 3 is 2.44 bits per heavy atom. The number of alkyl halides is 1. The zero-order valence-corrected chi connectivity index (χ0v) is 10.3. The second-order valence-corrected chi connectivity index (χ2v) is 4.17. The third-order valence-corrected chi connectivity index (χ3v) is 2.67. The van der Waals surface area contributed by atoms with Crippen molar-refractivity contribution in [2.75, 3.05) is 0 Å². The topological polar surface area (TPSA) is 25.8 Å². The largest absolute Gasteiger partial charge is 0.233 e. The quantitative estimate of drug-likeness (QED) is 0.760. The number of hydrogen-bond donors (Lipinski definition) is 0. The predicted octanol–water partition coefficient (Wildman–Crippen LogP) is 3.84. The molecule has 1 heterocycles. The zero-order chi connectivity index (χ0) is 11.5. The van der Waals surface area contributed by atoms with Crippen molar-refractivity contribution in [1.29, 1.82) is 0 Å². The van der Waals surface area contributed by atoms with Crippen LogP contribution in [0.4, 0.5) is 0 Å². The monoisotopic (exact) mass is 252 g/mol. The van der Waals surface area contributed by atoms with Gasteiger partial charge in [0.05, 0.1) is 11.6 Å². The Kier molecular flexibility index (Phi) is 3.42. The number of nitrogens with zero attached hydrogens (tertiary/aromatic N) is 2. The molecule has 1 aromatic carbocycles. The maximum Gasteiger partial charge on any atom is 0.159 e. The minimum Gasteiger partial charge on any atom is -0.233 e. The van der Waals surface area contributed by atoms with Crippen LogP contribution in [0.15, 0.2) is 30.3 Å². The summed E-state index contributed by atoms with van der Waals surface area (Å²) in [4.78, 5) is 8.73. The van der Waals surface area contributed by atoms with Crippen molar-refractivity contribution >= 4 is 23.2 Å². The van der Waals surface area contributed by atoms with E-state index < -0.39 is 0 Å². The molecular formula is C12H10Cl2N2. The molecule has 0 saturated heterocycles. The first-order chi connectivity index (χ1) is 7.69. The van der Waals surface area contributed by atoms with Crippen LogP contribution in [0.5, 0.6) is 0 Å². The lowest BCUT2D eigenvalue weighted by molar-refractivity contribution is 1.05. The maximum atomic E-state index is 5.83. The summed E-state index contributed by atoms with van der Waals surface area (Å²) in [6.45, 7) is 1.93. The lowest BCUT2D eigenvalue weighted by atomic mass is 10.2. The minimum atomic E-state index is 0.393. The van der Waals surface area contributed by atoms with E-state index in [0.717, 1.165) is 17.0 Å². The molecule has 2 nitrogen and oxygen atoms in total. The summed E-state index contributed by atoms with van der Waals surface area (Å²) < 4.78 is 0. The molecule has 0 unspecified atom stereocenters. The lowest BCUT2D eigenvalue weighted by Crippen LogP contribution is -1.95. The Hall–Kier alpha value is -1.12. The highest BCUT2D eigenvalue weighted by molar-refractivity contribution is 6.30. The third kappa shape index (κ3) is 2.52. The van der Waals surface area contributed by atoms with Gasteiger partial charge in [0.25, 0.3) is 0 Å². The Labute approximate surface area is 104 Å². The zero-order valence-electron chi connectivity index (χ0n) is 8.74. The molecule has 82 valence electrons. The predicted molar refractivity (Wildman–Crippen MR) is 66.8 cm³/mol. The van der Waals surface area contributed by atoms with Gasteiger partial charge in [0.15, 0.2) is 5.82 Å². The molecule has 0 saturated carbocycles. The second kappa shape index (κ2) is 4.81. The van der Waals surface area contributed by atoms with E-state index >= 15 is 0 Å². The van der Waals surface area contributed by atoms with Gasteiger partial charge in [-0.3, -0.25) is 0 Å². The van der Waals surface area contributed by atoms with Crippen LogP contribution in [0, 0.1) is 6.92 Å². The first-order valence-electron chi connectivity index (χ1n) is 4.85. The molecule has 0 atom stereocenters. The van der Waals surface area contributed by atoms with Crippen LogP contribution in [0.1, 0.15) is 11.4 Å². The van der Waals surface area contributed by atoms with Gasteiger partial charge in [-0.25, -0.2) is 9.97 Å². The summed E-state index contributed by atoms with van der Waals surface area (Å²) in [5.74, 6) is 1.08. The van der Waals surface area contributed by atoms with E-state index in [1.807, 2.05) is 37.3 Å². The first-order valence-corrected chi connectivity index (χ1v) is 5.77. The summed E-state index contributed by atoms with van der Waals surface area (Å²) in [6.07, 6.45) is 0. The molecular weight excluding hydrogens is 243 g/mol. The number of hydrogen-bond acceptors (Lipinski definition) is 2. The van der Waals surface area contributed by atoms with Gasteiger partial charge in [-0.2, -0.15) is 0 Å². The number of benzene rings is 1. The SMILES string of the molecule is Cc1cc(CCl)nc(-c2ccc(Cl)cc2)n1. The van der Waals surface area contributed by atoms with E-state index in [2.05, 4.69) is 9.97 Å². The van der Waals surface area contributed by atoms with Gasteiger partial charge in [0.2, 0.25) is 0 Å². The Bertz CT molecular complexity index is 495. The molecule has 0 aliphatic rings. The van der Waals surface area contributed by atoms with Gasteiger partial charge in [0, 0.05) is 16.3 Å². The fourth-order valence-corrected chi connectivity index (χ4v) is 1.69. The molecule has 0 N–H and O–H groups in total. The standard InChI is InChI=1S/C12H10Cl2N2/c1-8-6-11(7-13)16-12(15-8)9-2-4-10(14)5-3-9/h2-6H,7H2,1H3. The molecule has 0 spiro atoms. The van der Waals surface area contributed by atoms with Crippen molar-refractivity contribution in [3.05, 3.63) is 46.7 Å². The van der Waals surface area contributed by atoms with Crippen molar-refractivity contribution in [3.63, 3.8) is 0 Å². The van der Waals surface area contributed by atoms with Crippen LogP contribution in [-0.2, 0) is 5.88 Å². The number of aryl methyl sites for hydroxylation is 1. The van der Waals surface area contributed by atoms with Crippen LogP contribution < -0.4 is 0 Å². The molecule has 0 amide bonds. The van der Waals surface area contributed by atoms with E-state index in [4.69, 9.17) is 23.2 Å². The minimum absolute atomic E-state index is 0.393. The van der Waals surface area contributed by atoms with E-state index in [-0.39, 0.29) is 0 Å². The molecule has 0 fully saturated rings. The Morgan fingerprint density at radius 1 is 1.12 bits per heavy atom. The second-order valence-electron chi connectivity index (χ2n) is 3.46. The normalized spacial score (nSPS) is 10.4. The average molecular weight is 253 g/mol. The van der Waals surface area contributed by atoms with Crippen molar-refractivity contribution in [1.82, 2.24) is 9.97 Å². The molecule has 16 heavy (non-hydrogen) atoms. The van der Waals surface area contributed by atoms with E-state index in [1.165, 1.54) is 0 Å². The smallest absolute Gasteiger partial charge is 0.159 e. The molecule has 0 aliphatic carbocycles. The number of aromatic nitrogens is 2. The van der Waals surface area contributed by atoms with E-state index in [0.29, 0.717) is 16.7 Å². The van der Waals surface area contributed by atoms with Gasteiger partial charge >= 0.3 is 0 Å². The fourth-order valence-electron chi connectivity index (χ4n) is 1.43. The molecule has 2 aromatic rings. The number of rotatable bonds is 2. The third-order valence-electron chi connectivity index (χ3n) is 2.15. The fraction of sp³-hybridized carbons (Fsp3) is 0.167. The van der Waals surface area contributed by atoms with Crippen molar-refractivity contribution < 1.29 is 0 Å². The van der Waals surface area contributed by atoms with E-state index in [1.54, 1.807) is 0 Å². The highest BCUT2D eigenvalue weighted by atomic mass is 35.5. The van der Waals surface area contributed by atoms with Crippen molar-refractivity contribution in [2.45, 2.75) is 12.8 Å². The van der Waals surface area contributed by atoms with Crippen LogP contribution in [0.2, 0.25) is 5.02 Å². The van der Waals surface area contributed by atoms with Gasteiger partial charge in [0.1, 0.15) is 0 Å². The molecule has 0 radical (unpaired) electrons. The molecule has 0 bridgehead atoms. The van der Waals surface area contributed by atoms with Gasteiger partial charge < -0.3 is 0 Å². The molecule has 1 aromatic heterocycles. The number of halogens is 2. The summed E-state index contributed by atoms with van der Waals surface area (Å²) in [5, 5.41) is 0.703. The first kappa shape index (κ1) is 11.4. The van der Waals surface area contributed by atoms with Crippen LogP contribution >= 0.6 is 23.2 Å². The summed E-state index contributed by atoms with van der Waals surface area (Å²) in [5.41, 5.74) is 2.69. The van der Waals surface area contributed by atoms with Crippen molar-refractivity contribution in [3.8, 4) is 11.4 Å².